The van der Waals surface area contributed by atoms with Crippen LogP contribution in [0.25, 0.3) is 0 Å². The zero-order valence-electron chi connectivity index (χ0n) is 11.2. The third-order valence-electron chi connectivity index (χ3n) is 2.74. The predicted octanol–water partition coefficient (Wildman–Crippen LogP) is -0.308. The third-order valence-corrected chi connectivity index (χ3v) is 4.98. The van der Waals surface area contributed by atoms with E-state index in [-0.39, 0.29) is 6.04 Å². The summed E-state index contributed by atoms with van der Waals surface area (Å²) >= 11 is 0. The second-order valence-corrected chi connectivity index (χ2v) is 6.35. The van der Waals surface area contributed by atoms with E-state index in [1.54, 1.807) is 14.2 Å². The van der Waals surface area contributed by atoms with Crippen molar-refractivity contribution in [3.05, 3.63) is 0 Å². The first-order valence-corrected chi connectivity index (χ1v) is 7.45. The first-order chi connectivity index (χ1) is 7.60. The Balaban J connectivity index is 4.87. The van der Waals surface area contributed by atoms with E-state index in [9.17, 15) is 0 Å². The molecule has 0 aromatic rings. The molecule has 4 N–H and O–H groups in total. The maximum absolute atomic E-state index is 6.45. The van der Waals surface area contributed by atoms with Crippen LogP contribution < -0.4 is 16.4 Å². The van der Waals surface area contributed by atoms with Gasteiger partial charge in [-0.15, -0.1) is 0 Å². The van der Waals surface area contributed by atoms with Crippen LogP contribution in [0.4, 0.5) is 0 Å². The molecule has 98 valence electrons. The molecule has 2 unspecified atom stereocenters. The maximum Gasteiger partial charge on any atom is 0.358 e. The summed E-state index contributed by atoms with van der Waals surface area (Å²) in [6.45, 7) is 7.91. The van der Waals surface area contributed by atoms with Gasteiger partial charge in [0.25, 0.3) is 0 Å². The van der Waals surface area contributed by atoms with Gasteiger partial charge < -0.3 is 19.9 Å². The molecule has 0 radical (unpaired) electrons. The van der Waals surface area contributed by atoms with Crippen molar-refractivity contribution in [2.24, 2.45) is 5.73 Å². The van der Waals surface area contributed by atoms with Gasteiger partial charge in [0, 0.05) is 20.3 Å². The van der Waals surface area contributed by atoms with Crippen molar-refractivity contribution < 1.29 is 8.85 Å². The molecule has 2 atom stereocenters. The molecule has 0 saturated heterocycles. The van der Waals surface area contributed by atoms with Crippen LogP contribution in [-0.2, 0) is 8.85 Å². The van der Waals surface area contributed by atoms with Crippen LogP contribution in [-0.4, -0.2) is 47.9 Å². The van der Waals surface area contributed by atoms with Gasteiger partial charge in [0.1, 0.15) is 5.29 Å². The van der Waals surface area contributed by atoms with Crippen LogP contribution in [0.2, 0.25) is 0 Å². The Morgan fingerprint density at radius 2 is 1.75 bits per heavy atom. The molecule has 0 aliphatic heterocycles. The molecule has 0 fully saturated rings. The fourth-order valence-corrected chi connectivity index (χ4v) is 4.09. The van der Waals surface area contributed by atoms with Gasteiger partial charge in [0.2, 0.25) is 0 Å². The van der Waals surface area contributed by atoms with E-state index in [0.717, 1.165) is 19.5 Å². The molecule has 0 aliphatic rings. The first kappa shape index (κ1) is 16.0. The van der Waals surface area contributed by atoms with Crippen molar-refractivity contribution >= 4 is 9.28 Å². The van der Waals surface area contributed by atoms with Gasteiger partial charge in [-0.25, -0.2) is 0 Å². The van der Waals surface area contributed by atoms with E-state index < -0.39 is 14.6 Å². The molecule has 16 heavy (non-hydrogen) atoms. The van der Waals surface area contributed by atoms with Crippen LogP contribution in [0.1, 0.15) is 27.2 Å². The summed E-state index contributed by atoms with van der Waals surface area (Å²) in [5, 5.41) is 6.14. The lowest BCUT2D eigenvalue weighted by molar-refractivity contribution is 0.196. The van der Waals surface area contributed by atoms with Gasteiger partial charge in [-0.1, -0.05) is 20.8 Å². The molecule has 0 heterocycles. The van der Waals surface area contributed by atoms with Crippen molar-refractivity contribution in [1.29, 1.82) is 0 Å². The Labute approximate surface area is 101 Å². The van der Waals surface area contributed by atoms with Crippen molar-refractivity contribution in [2.75, 3.05) is 27.3 Å². The molecular weight excluding hydrogens is 222 g/mol. The van der Waals surface area contributed by atoms with Gasteiger partial charge in [-0.2, -0.15) is 0 Å². The van der Waals surface area contributed by atoms with Gasteiger partial charge in [-0.05, 0) is 19.5 Å². The zero-order valence-corrected chi connectivity index (χ0v) is 12.3. The molecule has 5 nitrogen and oxygen atoms in total. The maximum atomic E-state index is 6.45. The largest absolute Gasteiger partial charge is 0.398 e. The first-order valence-electron chi connectivity index (χ1n) is 5.93. The van der Waals surface area contributed by atoms with Crippen molar-refractivity contribution in [1.82, 2.24) is 10.6 Å². The van der Waals surface area contributed by atoms with Crippen molar-refractivity contribution in [3.8, 4) is 0 Å². The monoisotopic (exact) mass is 249 g/mol. The van der Waals surface area contributed by atoms with Gasteiger partial charge in [0.15, 0.2) is 0 Å². The summed E-state index contributed by atoms with van der Waals surface area (Å²) < 4.78 is 10.9. The Hall–Kier alpha value is 0.0169. The van der Waals surface area contributed by atoms with Crippen molar-refractivity contribution in [2.45, 2.75) is 38.5 Å². The summed E-state index contributed by atoms with van der Waals surface area (Å²) in [6.07, 6.45) is 0.938. The zero-order chi connectivity index (χ0) is 12.6. The second-order valence-electron chi connectivity index (χ2n) is 3.79. The number of hydrogen-bond acceptors (Lipinski definition) is 5. The van der Waals surface area contributed by atoms with Gasteiger partial charge in [-0.3, -0.25) is 5.32 Å². The average molecular weight is 249 g/mol. The van der Waals surface area contributed by atoms with E-state index in [1.807, 2.05) is 6.92 Å². The van der Waals surface area contributed by atoms with Crippen LogP contribution >= 0.6 is 0 Å². The van der Waals surface area contributed by atoms with E-state index in [1.165, 1.54) is 0 Å². The molecule has 0 aromatic carbocycles. The average Bonchev–Trinajstić information content (AvgIpc) is 2.27. The van der Waals surface area contributed by atoms with Gasteiger partial charge in [0.05, 0.1) is 0 Å². The molecule has 0 rings (SSSR count). The molecule has 0 saturated carbocycles. The number of nitrogens with two attached hydrogens (primary N) is 1. The predicted molar refractivity (Wildman–Crippen MR) is 69.5 cm³/mol. The lowest BCUT2D eigenvalue weighted by Crippen LogP contribution is -2.75. The molecule has 0 aliphatic carbocycles. The Kier molecular flexibility index (Phi) is 8.17. The number of nitrogens with one attached hydrogen (secondary N) is 2. The topological polar surface area (TPSA) is 68.5 Å². The van der Waals surface area contributed by atoms with E-state index in [0.29, 0.717) is 0 Å². The van der Waals surface area contributed by atoms with Gasteiger partial charge >= 0.3 is 9.28 Å². The van der Waals surface area contributed by atoms with Crippen LogP contribution in [0.3, 0.4) is 0 Å². The molecule has 0 amide bonds. The second kappa shape index (κ2) is 8.16. The molecular formula is C10H27N3O2Si. The molecule has 0 bridgehead atoms. The van der Waals surface area contributed by atoms with Crippen LogP contribution in [0.5, 0.6) is 0 Å². The summed E-state index contributed by atoms with van der Waals surface area (Å²) in [7, 11) is 1.39. The van der Waals surface area contributed by atoms with E-state index in [2.05, 4.69) is 24.5 Å². The highest BCUT2D eigenvalue weighted by Gasteiger charge is 2.43. The summed E-state index contributed by atoms with van der Waals surface area (Å²) in [4.78, 5) is 0. The smallest absolute Gasteiger partial charge is 0.358 e. The molecule has 0 aromatic heterocycles. The highest BCUT2D eigenvalue weighted by molar-refractivity contribution is 6.48. The molecule has 0 spiro atoms. The number of rotatable bonds is 9. The van der Waals surface area contributed by atoms with Crippen LogP contribution in [0, 0.1) is 0 Å². The normalized spacial score (nSPS) is 17.4. The minimum atomic E-state index is -1.94. The SMILES string of the molecule is CCNC(CC)C(N)(NCC)[SiH](OC)OC. The Morgan fingerprint density at radius 1 is 1.19 bits per heavy atom. The lowest BCUT2D eigenvalue weighted by Gasteiger charge is -2.41. The highest BCUT2D eigenvalue weighted by atomic mass is 28.3. The minimum absolute atomic E-state index is 0.161. The fourth-order valence-electron chi connectivity index (χ4n) is 2.06. The Morgan fingerprint density at radius 3 is 2.06 bits per heavy atom. The van der Waals surface area contributed by atoms with Crippen LogP contribution in [0.15, 0.2) is 0 Å². The van der Waals surface area contributed by atoms with Crippen molar-refractivity contribution in [3.63, 3.8) is 0 Å². The van der Waals surface area contributed by atoms with E-state index in [4.69, 9.17) is 14.6 Å². The standard InChI is InChI=1S/C10H27N3O2Si/c1-6-9(12-7-2)10(11,13-8-3)16(14-4)15-5/h9,12-13,16H,6-8,11H2,1-5H3. The highest BCUT2D eigenvalue weighted by Crippen LogP contribution is 2.13. The number of likely N-dealkylation sites (N-methyl/N-ethyl adjacent to an activating group) is 2. The fraction of sp³-hybridized carbons (Fsp3) is 1.00. The quantitative estimate of drug-likeness (QED) is 0.386. The summed E-state index contributed by atoms with van der Waals surface area (Å²) in [5.41, 5.74) is 6.45. The van der Waals surface area contributed by atoms with E-state index >= 15 is 0 Å². The third kappa shape index (κ3) is 3.79. The molecule has 6 heteroatoms. The lowest BCUT2D eigenvalue weighted by atomic mass is 10.1. The number of hydrogen-bond donors (Lipinski definition) is 3. The minimum Gasteiger partial charge on any atom is -0.398 e. The summed E-state index contributed by atoms with van der Waals surface area (Å²) in [6, 6.07) is 0.161. The Bertz CT molecular complexity index is 181. The summed E-state index contributed by atoms with van der Waals surface area (Å²) in [5.74, 6) is 0.